The number of likely N-dealkylation sites (N-methyl/N-ethyl adjacent to an activating group) is 1. The van der Waals surface area contributed by atoms with E-state index in [0.29, 0.717) is 32.7 Å². The molecule has 0 N–H and O–H groups in total. The molecule has 7 nitrogen and oxygen atoms in total. The topological polar surface area (TPSA) is 70.2 Å². The van der Waals surface area contributed by atoms with E-state index in [4.69, 9.17) is 4.74 Å². The van der Waals surface area contributed by atoms with Crippen molar-refractivity contribution in [2.45, 2.75) is 39.0 Å². The van der Waals surface area contributed by atoms with Crippen molar-refractivity contribution in [3.63, 3.8) is 0 Å². The molecule has 5 rings (SSSR count). The van der Waals surface area contributed by atoms with Crippen LogP contribution in [-0.2, 0) is 25.7 Å². The van der Waals surface area contributed by atoms with Crippen LogP contribution in [0.1, 0.15) is 23.6 Å². The lowest BCUT2D eigenvalue weighted by Crippen LogP contribution is -2.55. The van der Waals surface area contributed by atoms with Crippen molar-refractivity contribution >= 4 is 17.7 Å². The van der Waals surface area contributed by atoms with Gasteiger partial charge in [-0.3, -0.25) is 14.4 Å². The van der Waals surface area contributed by atoms with E-state index in [9.17, 15) is 14.4 Å². The third-order valence-corrected chi connectivity index (χ3v) is 7.42. The van der Waals surface area contributed by atoms with Crippen LogP contribution in [0.2, 0.25) is 0 Å². The Kier molecular flexibility index (Phi) is 4.70. The third kappa shape index (κ3) is 3.09. The minimum absolute atomic E-state index is 0.0260. The van der Waals surface area contributed by atoms with Crippen LogP contribution in [0, 0.1) is 25.7 Å². The van der Waals surface area contributed by atoms with Gasteiger partial charge in [-0.1, -0.05) is 30.4 Å². The largest absolute Gasteiger partial charge is 0.360 e. The molecule has 0 aromatic heterocycles. The van der Waals surface area contributed by atoms with Crippen LogP contribution in [0.3, 0.4) is 0 Å². The van der Waals surface area contributed by atoms with E-state index in [1.54, 1.807) is 9.80 Å². The highest BCUT2D eigenvalue weighted by Crippen LogP contribution is 2.52. The van der Waals surface area contributed by atoms with Gasteiger partial charge in [0, 0.05) is 26.2 Å². The second kappa shape index (κ2) is 7.19. The molecule has 4 heterocycles. The number of carbonyl (C=O) groups is 3. The highest BCUT2D eigenvalue weighted by molar-refractivity contribution is 5.94. The number of piperazine rings is 1. The monoisotopic (exact) mass is 423 g/mol. The number of nitrogens with zero attached hydrogens (tertiary/aromatic N) is 3. The molecule has 0 aliphatic carbocycles. The Morgan fingerprint density at radius 2 is 1.97 bits per heavy atom. The standard InChI is InChI=1S/C24H29N3O4/c1-4-25-9-10-26(13-19(25)28)22(29)20-18-7-8-24(31-18)14-27(23(30)21(20)24)12-17-6-5-15(2)16(3)11-17/h5-8,11,18,20-21H,4,9-10,12-14H2,1-3H3/t18-,20?,21?,24-/m1/s1. The highest BCUT2D eigenvalue weighted by Gasteiger charge is 2.67. The molecule has 4 atom stereocenters. The summed E-state index contributed by atoms with van der Waals surface area (Å²) in [5, 5.41) is 0. The molecule has 7 heteroatoms. The molecule has 1 aromatic rings. The first-order chi connectivity index (χ1) is 14.8. The molecule has 4 aliphatic rings. The number of rotatable bonds is 4. The summed E-state index contributed by atoms with van der Waals surface area (Å²) in [7, 11) is 0. The van der Waals surface area contributed by atoms with E-state index in [1.165, 1.54) is 11.1 Å². The summed E-state index contributed by atoms with van der Waals surface area (Å²) in [6.07, 6.45) is 3.52. The summed E-state index contributed by atoms with van der Waals surface area (Å²) in [4.78, 5) is 44.4. The highest BCUT2D eigenvalue weighted by atomic mass is 16.5. The van der Waals surface area contributed by atoms with Gasteiger partial charge >= 0.3 is 0 Å². The molecular weight excluding hydrogens is 394 g/mol. The molecule has 4 aliphatic heterocycles. The number of hydrogen-bond donors (Lipinski definition) is 0. The van der Waals surface area contributed by atoms with Gasteiger partial charge in [0.1, 0.15) is 5.60 Å². The Balaban J connectivity index is 1.36. The molecule has 0 saturated carbocycles. The number of carbonyl (C=O) groups excluding carboxylic acids is 3. The van der Waals surface area contributed by atoms with Crippen molar-refractivity contribution in [3.05, 3.63) is 47.0 Å². The van der Waals surface area contributed by atoms with Crippen LogP contribution >= 0.6 is 0 Å². The summed E-state index contributed by atoms with van der Waals surface area (Å²) < 4.78 is 6.24. The zero-order valence-corrected chi connectivity index (χ0v) is 18.3. The Bertz CT molecular complexity index is 989. The summed E-state index contributed by atoms with van der Waals surface area (Å²) in [6.45, 7) is 8.83. The molecule has 0 radical (unpaired) electrons. The molecule has 1 spiro atoms. The molecule has 2 unspecified atom stereocenters. The number of amides is 3. The first-order valence-electron chi connectivity index (χ1n) is 11.1. The Hall–Kier alpha value is -2.67. The number of aryl methyl sites for hydroxylation is 2. The van der Waals surface area contributed by atoms with Gasteiger partial charge < -0.3 is 19.4 Å². The van der Waals surface area contributed by atoms with Gasteiger partial charge in [0.2, 0.25) is 17.7 Å². The smallest absolute Gasteiger partial charge is 0.242 e. The zero-order valence-electron chi connectivity index (χ0n) is 18.3. The van der Waals surface area contributed by atoms with Crippen LogP contribution in [0.25, 0.3) is 0 Å². The van der Waals surface area contributed by atoms with Crippen LogP contribution in [0.4, 0.5) is 0 Å². The number of likely N-dealkylation sites (tertiary alicyclic amines) is 1. The molecule has 31 heavy (non-hydrogen) atoms. The second-order valence-corrected chi connectivity index (χ2v) is 9.25. The molecule has 164 valence electrons. The fourth-order valence-electron chi connectivity index (χ4n) is 5.56. The molecule has 1 aromatic carbocycles. The van der Waals surface area contributed by atoms with Crippen molar-refractivity contribution in [2.75, 3.05) is 32.7 Å². The predicted octanol–water partition coefficient (Wildman–Crippen LogP) is 1.28. The van der Waals surface area contributed by atoms with Crippen LogP contribution in [0.5, 0.6) is 0 Å². The maximum atomic E-state index is 13.5. The van der Waals surface area contributed by atoms with E-state index in [0.717, 1.165) is 5.56 Å². The van der Waals surface area contributed by atoms with Crippen molar-refractivity contribution in [1.82, 2.24) is 14.7 Å². The number of fused-ring (bicyclic) bond motifs is 1. The van der Waals surface area contributed by atoms with Crippen molar-refractivity contribution in [3.8, 4) is 0 Å². The first kappa shape index (κ1) is 20.2. The minimum atomic E-state index is -0.725. The van der Waals surface area contributed by atoms with E-state index in [-0.39, 0.29) is 30.4 Å². The third-order valence-electron chi connectivity index (χ3n) is 7.42. The van der Waals surface area contributed by atoms with Gasteiger partial charge in [0.25, 0.3) is 0 Å². The SMILES string of the molecule is CCN1CCN(C(=O)C2C3C(=O)N(Cc4ccc(C)c(C)c4)C[C@]34C=C[C@H]2O4)CC1=O. The lowest BCUT2D eigenvalue weighted by molar-refractivity contribution is -0.150. The fourth-order valence-corrected chi connectivity index (χ4v) is 5.56. The predicted molar refractivity (Wildman–Crippen MR) is 114 cm³/mol. The van der Waals surface area contributed by atoms with Gasteiger partial charge in [0.05, 0.1) is 31.0 Å². The molecule has 3 saturated heterocycles. The van der Waals surface area contributed by atoms with Crippen LogP contribution in [-0.4, -0.2) is 76.9 Å². The minimum Gasteiger partial charge on any atom is -0.360 e. The maximum Gasteiger partial charge on any atom is 0.242 e. The average Bonchev–Trinajstić information content (AvgIpc) is 3.38. The zero-order chi connectivity index (χ0) is 21.9. The van der Waals surface area contributed by atoms with Gasteiger partial charge in [-0.05, 0) is 37.5 Å². The van der Waals surface area contributed by atoms with Gasteiger partial charge in [-0.15, -0.1) is 0 Å². The van der Waals surface area contributed by atoms with E-state index < -0.39 is 17.4 Å². The second-order valence-electron chi connectivity index (χ2n) is 9.25. The van der Waals surface area contributed by atoms with Crippen LogP contribution < -0.4 is 0 Å². The van der Waals surface area contributed by atoms with Crippen molar-refractivity contribution in [1.29, 1.82) is 0 Å². The quantitative estimate of drug-likeness (QED) is 0.684. The molecule has 3 fully saturated rings. The van der Waals surface area contributed by atoms with Gasteiger partial charge in [0.15, 0.2) is 0 Å². The van der Waals surface area contributed by atoms with E-state index in [1.807, 2.05) is 24.0 Å². The summed E-state index contributed by atoms with van der Waals surface area (Å²) >= 11 is 0. The lowest BCUT2D eigenvalue weighted by Gasteiger charge is -2.36. The normalized spacial score (nSPS) is 31.7. The summed E-state index contributed by atoms with van der Waals surface area (Å²) in [5.74, 6) is -1.26. The summed E-state index contributed by atoms with van der Waals surface area (Å²) in [6, 6.07) is 6.24. The van der Waals surface area contributed by atoms with E-state index >= 15 is 0 Å². The Labute approximate surface area is 182 Å². The first-order valence-corrected chi connectivity index (χ1v) is 11.1. The van der Waals surface area contributed by atoms with Crippen molar-refractivity contribution < 1.29 is 19.1 Å². The van der Waals surface area contributed by atoms with Gasteiger partial charge in [-0.25, -0.2) is 0 Å². The lowest BCUT2D eigenvalue weighted by atomic mass is 9.76. The number of benzene rings is 1. The maximum absolute atomic E-state index is 13.5. The Morgan fingerprint density at radius 1 is 1.16 bits per heavy atom. The Morgan fingerprint density at radius 3 is 2.68 bits per heavy atom. The molecule has 3 amide bonds. The number of hydrogen-bond acceptors (Lipinski definition) is 4. The molecule has 2 bridgehead atoms. The average molecular weight is 424 g/mol. The fraction of sp³-hybridized carbons (Fsp3) is 0.542. The molecular formula is C24H29N3O4. The van der Waals surface area contributed by atoms with Crippen molar-refractivity contribution in [2.24, 2.45) is 11.8 Å². The van der Waals surface area contributed by atoms with Crippen LogP contribution in [0.15, 0.2) is 30.4 Å². The van der Waals surface area contributed by atoms with E-state index in [2.05, 4.69) is 32.0 Å². The number of ether oxygens (including phenoxy) is 1. The van der Waals surface area contributed by atoms with Gasteiger partial charge in [-0.2, -0.15) is 0 Å². The summed E-state index contributed by atoms with van der Waals surface area (Å²) in [5.41, 5.74) is 2.77.